The van der Waals surface area contributed by atoms with Gasteiger partial charge in [-0.15, -0.1) is 0 Å². The minimum Gasteiger partial charge on any atom is -0.652 e. The molecule has 0 aromatic heterocycles. The van der Waals surface area contributed by atoms with Gasteiger partial charge >= 0.3 is 0 Å². The average molecular weight is 182 g/mol. The third-order valence-corrected chi connectivity index (χ3v) is 2.19. The summed E-state index contributed by atoms with van der Waals surface area (Å²) < 4.78 is 5.68. The van der Waals surface area contributed by atoms with Crippen LogP contribution in [0.5, 0.6) is 11.5 Å². The predicted molar refractivity (Wildman–Crippen MR) is 55.6 cm³/mol. The number of hydrogen-bond acceptors (Lipinski definition) is 1. The van der Waals surface area contributed by atoms with Crippen molar-refractivity contribution in [2.24, 2.45) is 0 Å². The maximum atomic E-state index is 5.68. The number of benzene rings is 2. The molecule has 0 atom stereocenters. The first-order valence-electron chi connectivity index (χ1n) is 4.51. The third-order valence-electron chi connectivity index (χ3n) is 2.19. The standard InChI is InChI=1S/C12H8NO/c1-3-7-11-9(5-1)13-10-6-2-4-8-12(10)14-11/h1-8H/q-1. The summed E-state index contributed by atoms with van der Waals surface area (Å²) in [5.41, 5.74) is 1.79. The van der Waals surface area contributed by atoms with Gasteiger partial charge in [0.1, 0.15) is 11.5 Å². The monoisotopic (exact) mass is 182 g/mol. The molecular formula is C12H8NO-. The normalized spacial score (nSPS) is 12.0. The number of para-hydroxylation sites is 4. The van der Waals surface area contributed by atoms with E-state index in [0.29, 0.717) is 0 Å². The highest BCUT2D eigenvalue weighted by Gasteiger charge is 2.05. The van der Waals surface area contributed by atoms with Crippen LogP contribution in [0.2, 0.25) is 0 Å². The van der Waals surface area contributed by atoms with Gasteiger partial charge < -0.3 is 10.1 Å². The molecule has 1 aliphatic rings. The summed E-state index contributed by atoms with van der Waals surface area (Å²) in [5.74, 6) is 1.65. The van der Waals surface area contributed by atoms with Gasteiger partial charge in [-0.3, -0.25) is 0 Å². The lowest BCUT2D eigenvalue weighted by Gasteiger charge is -2.32. The van der Waals surface area contributed by atoms with E-state index in [9.17, 15) is 0 Å². The lowest BCUT2D eigenvalue weighted by atomic mass is 10.2. The van der Waals surface area contributed by atoms with Crippen LogP contribution in [0.15, 0.2) is 48.5 Å². The molecule has 0 saturated carbocycles. The van der Waals surface area contributed by atoms with E-state index in [1.54, 1.807) is 0 Å². The topological polar surface area (TPSA) is 23.3 Å². The smallest absolute Gasteiger partial charge is 0.112 e. The molecule has 0 aliphatic carbocycles. The van der Waals surface area contributed by atoms with E-state index in [2.05, 4.69) is 5.32 Å². The lowest BCUT2D eigenvalue weighted by Crippen LogP contribution is -1.90. The van der Waals surface area contributed by atoms with Crippen LogP contribution in [0.25, 0.3) is 5.32 Å². The molecule has 0 radical (unpaired) electrons. The molecule has 2 aromatic carbocycles. The molecule has 3 rings (SSSR count). The highest BCUT2D eigenvalue weighted by Crippen LogP contribution is 2.49. The summed E-state index contributed by atoms with van der Waals surface area (Å²) in [6.07, 6.45) is 0. The molecular weight excluding hydrogens is 174 g/mol. The van der Waals surface area contributed by atoms with Gasteiger partial charge in [0.25, 0.3) is 0 Å². The summed E-state index contributed by atoms with van der Waals surface area (Å²) >= 11 is 0. The van der Waals surface area contributed by atoms with Crippen LogP contribution in [-0.2, 0) is 0 Å². The number of hydrogen-bond donors (Lipinski definition) is 0. The molecule has 0 spiro atoms. The highest BCUT2D eigenvalue weighted by molar-refractivity contribution is 5.79. The summed E-state index contributed by atoms with van der Waals surface area (Å²) in [7, 11) is 0. The van der Waals surface area contributed by atoms with Crippen molar-refractivity contribution in [3.05, 3.63) is 53.8 Å². The zero-order valence-electron chi connectivity index (χ0n) is 7.47. The van der Waals surface area contributed by atoms with Gasteiger partial charge in [0.05, 0.1) is 0 Å². The van der Waals surface area contributed by atoms with E-state index in [4.69, 9.17) is 4.74 Å². The Morgan fingerprint density at radius 2 is 1.21 bits per heavy atom. The number of nitrogens with zero attached hydrogens (tertiary/aromatic N) is 1. The fourth-order valence-corrected chi connectivity index (χ4v) is 1.52. The van der Waals surface area contributed by atoms with Gasteiger partial charge in [0.2, 0.25) is 0 Å². The van der Waals surface area contributed by atoms with E-state index in [0.717, 1.165) is 22.9 Å². The number of ether oxygens (including phenoxy) is 1. The Hall–Kier alpha value is -1.96. The molecule has 1 aliphatic heterocycles. The molecule has 0 N–H and O–H groups in total. The zero-order chi connectivity index (χ0) is 9.38. The van der Waals surface area contributed by atoms with Crippen LogP contribution in [0.4, 0.5) is 11.4 Å². The van der Waals surface area contributed by atoms with Gasteiger partial charge in [0, 0.05) is 0 Å². The molecule has 68 valence electrons. The second kappa shape index (κ2) is 2.77. The van der Waals surface area contributed by atoms with E-state index in [1.165, 1.54) is 0 Å². The lowest BCUT2D eigenvalue weighted by molar-refractivity contribution is 0.483. The molecule has 0 fully saturated rings. The van der Waals surface area contributed by atoms with Crippen molar-refractivity contribution in [3.63, 3.8) is 0 Å². The minimum atomic E-state index is 0.825. The molecule has 0 saturated heterocycles. The van der Waals surface area contributed by atoms with Gasteiger partial charge in [-0.05, 0) is 12.1 Å². The average Bonchev–Trinajstić information content (AvgIpc) is 2.26. The molecule has 0 unspecified atom stereocenters. The third kappa shape index (κ3) is 1.04. The first kappa shape index (κ1) is 7.44. The van der Waals surface area contributed by atoms with Crippen molar-refractivity contribution in [1.29, 1.82) is 0 Å². The van der Waals surface area contributed by atoms with E-state index < -0.39 is 0 Å². The highest BCUT2D eigenvalue weighted by atomic mass is 16.5. The van der Waals surface area contributed by atoms with Crippen molar-refractivity contribution in [2.45, 2.75) is 0 Å². The molecule has 2 heteroatoms. The molecule has 2 aromatic rings. The van der Waals surface area contributed by atoms with Crippen LogP contribution in [0.1, 0.15) is 0 Å². The summed E-state index contributed by atoms with van der Waals surface area (Å²) in [4.78, 5) is 0. The van der Waals surface area contributed by atoms with Crippen LogP contribution >= 0.6 is 0 Å². The Labute approximate surface area is 82.1 Å². The maximum Gasteiger partial charge on any atom is 0.112 e. The number of fused-ring (bicyclic) bond motifs is 2. The SMILES string of the molecule is c1ccc2c(c1)[N-]c1ccccc1O2. The first-order valence-corrected chi connectivity index (χ1v) is 4.51. The first-order chi connectivity index (χ1) is 6.93. The molecule has 0 amide bonds. The Balaban J connectivity index is 2.12. The van der Waals surface area contributed by atoms with Gasteiger partial charge in [-0.2, -0.15) is 0 Å². The molecule has 0 bridgehead atoms. The van der Waals surface area contributed by atoms with Crippen molar-refractivity contribution in [1.82, 2.24) is 0 Å². The van der Waals surface area contributed by atoms with E-state index in [1.807, 2.05) is 48.5 Å². The Morgan fingerprint density at radius 3 is 1.79 bits per heavy atom. The van der Waals surface area contributed by atoms with Gasteiger partial charge in [-0.25, -0.2) is 0 Å². The fourth-order valence-electron chi connectivity index (χ4n) is 1.52. The Bertz CT molecular complexity index is 392. The van der Waals surface area contributed by atoms with Crippen LogP contribution in [0, 0.1) is 0 Å². The minimum absolute atomic E-state index is 0.825. The van der Waals surface area contributed by atoms with E-state index in [-0.39, 0.29) is 0 Å². The Kier molecular flexibility index (Phi) is 1.47. The molecule has 2 nitrogen and oxygen atoms in total. The van der Waals surface area contributed by atoms with E-state index >= 15 is 0 Å². The van der Waals surface area contributed by atoms with Crippen molar-refractivity contribution in [3.8, 4) is 11.5 Å². The van der Waals surface area contributed by atoms with Crippen molar-refractivity contribution < 1.29 is 4.74 Å². The summed E-state index contributed by atoms with van der Waals surface area (Å²) in [6, 6.07) is 15.6. The summed E-state index contributed by atoms with van der Waals surface area (Å²) in [6.45, 7) is 0. The van der Waals surface area contributed by atoms with Gasteiger partial charge in [0.15, 0.2) is 0 Å². The zero-order valence-corrected chi connectivity index (χ0v) is 7.47. The molecule has 14 heavy (non-hydrogen) atoms. The molecule has 1 heterocycles. The second-order valence-electron chi connectivity index (χ2n) is 3.15. The fraction of sp³-hybridized carbons (Fsp3) is 0. The van der Waals surface area contributed by atoms with Crippen LogP contribution in [-0.4, -0.2) is 0 Å². The van der Waals surface area contributed by atoms with Crippen LogP contribution < -0.4 is 4.74 Å². The maximum absolute atomic E-state index is 5.68. The van der Waals surface area contributed by atoms with Crippen molar-refractivity contribution in [2.75, 3.05) is 0 Å². The van der Waals surface area contributed by atoms with Crippen LogP contribution in [0.3, 0.4) is 0 Å². The Morgan fingerprint density at radius 1 is 0.714 bits per heavy atom. The largest absolute Gasteiger partial charge is 0.652 e. The summed E-state index contributed by atoms with van der Waals surface area (Å²) in [5, 5.41) is 4.48. The quantitative estimate of drug-likeness (QED) is 0.512. The second-order valence-corrected chi connectivity index (χ2v) is 3.15. The van der Waals surface area contributed by atoms with Crippen molar-refractivity contribution >= 4 is 11.4 Å². The van der Waals surface area contributed by atoms with Gasteiger partial charge in [-0.1, -0.05) is 47.8 Å². The predicted octanol–water partition coefficient (Wildman–Crippen LogP) is 4.13. The number of rotatable bonds is 0.